The summed E-state index contributed by atoms with van der Waals surface area (Å²) in [7, 11) is 1.48. The molecule has 0 spiro atoms. The first-order valence-electron chi connectivity index (χ1n) is 10.3. The van der Waals surface area contributed by atoms with E-state index in [1.165, 1.54) is 52.4 Å². The molecule has 4 heterocycles. The number of hydrogen-bond acceptors (Lipinski definition) is 5. The molecule has 3 aliphatic rings. The maximum Gasteiger partial charge on any atom is 0.305 e. The summed E-state index contributed by atoms with van der Waals surface area (Å²) < 4.78 is 10.5. The lowest BCUT2D eigenvalue weighted by Gasteiger charge is -2.57. The van der Waals surface area contributed by atoms with Crippen LogP contribution in [0.5, 0.6) is 0 Å². The largest absolute Gasteiger partial charge is 0.469 e. The molecule has 4 rings (SSSR count). The highest BCUT2D eigenvalue weighted by Crippen LogP contribution is 2.43. The van der Waals surface area contributed by atoms with Gasteiger partial charge in [-0.25, -0.2) is 0 Å². The van der Waals surface area contributed by atoms with E-state index in [0.717, 1.165) is 43.0 Å². The smallest absolute Gasteiger partial charge is 0.305 e. The second kappa shape index (κ2) is 8.13. The van der Waals surface area contributed by atoms with Crippen LogP contribution in [0.25, 0.3) is 0 Å². The molecule has 0 amide bonds. The van der Waals surface area contributed by atoms with Crippen molar-refractivity contribution in [3.8, 4) is 0 Å². The van der Waals surface area contributed by atoms with Crippen molar-refractivity contribution in [2.75, 3.05) is 26.7 Å². The van der Waals surface area contributed by atoms with Crippen LogP contribution in [0.2, 0.25) is 0 Å². The summed E-state index contributed by atoms with van der Waals surface area (Å²) in [6.07, 6.45) is 9.66. The molecular formula is C21H32N2O3. The Morgan fingerprint density at radius 3 is 2.92 bits per heavy atom. The number of nitrogens with zero attached hydrogens (tertiary/aromatic N) is 2. The van der Waals surface area contributed by atoms with Gasteiger partial charge < -0.3 is 9.15 Å². The Kier molecular flexibility index (Phi) is 5.65. The molecule has 0 unspecified atom stereocenters. The fourth-order valence-corrected chi connectivity index (χ4v) is 5.82. The van der Waals surface area contributed by atoms with Crippen LogP contribution in [-0.4, -0.2) is 54.6 Å². The molecule has 0 saturated carbocycles. The third-order valence-corrected chi connectivity index (χ3v) is 6.83. The van der Waals surface area contributed by atoms with Crippen LogP contribution in [0, 0.1) is 11.8 Å². The van der Waals surface area contributed by atoms with Gasteiger partial charge in [-0.1, -0.05) is 0 Å². The lowest BCUT2D eigenvalue weighted by atomic mass is 9.69. The predicted octanol–water partition coefficient (Wildman–Crippen LogP) is 3.30. The summed E-state index contributed by atoms with van der Waals surface area (Å²) in [5, 5.41) is 0. The molecule has 3 fully saturated rings. The van der Waals surface area contributed by atoms with Crippen LogP contribution < -0.4 is 0 Å². The molecule has 0 N–H and O–H groups in total. The van der Waals surface area contributed by atoms with Crippen molar-refractivity contribution >= 4 is 5.97 Å². The number of piperidine rings is 3. The summed E-state index contributed by atoms with van der Waals surface area (Å²) in [5.41, 5.74) is 0. The van der Waals surface area contributed by atoms with Crippen molar-refractivity contribution in [1.29, 1.82) is 0 Å². The van der Waals surface area contributed by atoms with Gasteiger partial charge in [0, 0.05) is 25.0 Å². The van der Waals surface area contributed by atoms with Crippen molar-refractivity contribution in [1.82, 2.24) is 9.80 Å². The van der Waals surface area contributed by atoms with Gasteiger partial charge in [-0.05, 0) is 75.6 Å². The molecule has 26 heavy (non-hydrogen) atoms. The molecule has 144 valence electrons. The van der Waals surface area contributed by atoms with Gasteiger partial charge in [0.15, 0.2) is 0 Å². The molecule has 1 aromatic rings. The molecule has 0 bridgehead atoms. The van der Waals surface area contributed by atoms with Gasteiger partial charge in [0.05, 0.1) is 19.9 Å². The average molecular weight is 360 g/mol. The van der Waals surface area contributed by atoms with E-state index in [1.54, 1.807) is 6.26 Å². The molecule has 1 aromatic heterocycles. The second-order valence-corrected chi connectivity index (χ2v) is 8.28. The van der Waals surface area contributed by atoms with Gasteiger partial charge in [-0.3, -0.25) is 14.6 Å². The zero-order chi connectivity index (χ0) is 17.9. The number of ether oxygens (including phenoxy) is 1. The molecule has 3 aliphatic heterocycles. The summed E-state index contributed by atoms with van der Waals surface area (Å²) in [6, 6.07) is 5.38. The highest BCUT2D eigenvalue weighted by molar-refractivity contribution is 5.68. The highest BCUT2D eigenvalue weighted by Gasteiger charge is 2.48. The minimum atomic E-state index is -0.0841. The summed E-state index contributed by atoms with van der Waals surface area (Å²) in [6.45, 7) is 4.63. The van der Waals surface area contributed by atoms with Crippen molar-refractivity contribution in [2.45, 2.75) is 63.6 Å². The SMILES string of the molecule is COC(=O)CCC[C@@H]1[C@H]2CCCN3CCC[C@H](CN1Cc1ccco1)[C@@H]23. The van der Waals surface area contributed by atoms with Crippen molar-refractivity contribution in [3.63, 3.8) is 0 Å². The van der Waals surface area contributed by atoms with Gasteiger partial charge in [-0.2, -0.15) is 0 Å². The van der Waals surface area contributed by atoms with Gasteiger partial charge in [0.2, 0.25) is 0 Å². The van der Waals surface area contributed by atoms with Crippen LogP contribution in [0.4, 0.5) is 0 Å². The molecule has 0 aromatic carbocycles. The van der Waals surface area contributed by atoms with E-state index in [-0.39, 0.29) is 5.97 Å². The van der Waals surface area contributed by atoms with Crippen LogP contribution in [0.1, 0.15) is 50.7 Å². The average Bonchev–Trinajstić information content (AvgIpc) is 3.17. The third-order valence-electron chi connectivity index (χ3n) is 6.83. The van der Waals surface area contributed by atoms with Gasteiger partial charge in [0.25, 0.3) is 0 Å². The van der Waals surface area contributed by atoms with Crippen LogP contribution in [0.15, 0.2) is 22.8 Å². The Morgan fingerprint density at radius 1 is 1.31 bits per heavy atom. The Labute approximate surface area is 156 Å². The first-order valence-corrected chi connectivity index (χ1v) is 10.3. The summed E-state index contributed by atoms with van der Waals surface area (Å²) in [4.78, 5) is 17.0. The molecule has 5 nitrogen and oxygen atoms in total. The number of carbonyl (C=O) groups excluding carboxylic acids is 1. The number of carbonyl (C=O) groups is 1. The molecule has 5 heteroatoms. The quantitative estimate of drug-likeness (QED) is 0.729. The van der Waals surface area contributed by atoms with Crippen molar-refractivity contribution < 1.29 is 13.9 Å². The third kappa shape index (κ3) is 3.70. The number of likely N-dealkylation sites (tertiary alicyclic amines) is 1. The first kappa shape index (κ1) is 18.1. The fraction of sp³-hybridized carbons (Fsp3) is 0.762. The topological polar surface area (TPSA) is 45.9 Å². The first-order chi connectivity index (χ1) is 12.8. The maximum atomic E-state index is 11.6. The molecule has 3 saturated heterocycles. The number of esters is 1. The van der Waals surface area contributed by atoms with Crippen molar-refractivity contribution in [2.24, 2.45) is 11.8 Å². The summed E-state index contributed by atoms with van der Waals surface area (Å²) >= 11 is 0. The van der Waals surface area contributed by atoms with E-state index in [1.807, 2.05) is 6.07 Å². The Morgan fingerprint density at radius 2 is 2.15 bits per heavy atom. The lowest BCUT2D eigenvalue weighted by Crippen LogP contribution is -2.64. The van der Waals surface area contributed by atoms with E-state index in [0.29, 0.717) is 12.5 Å². The van der Waals surface area contributed by atoms with Crippen LogP contribution in [-0.2, 0) is 16.1 Å². The molecule has 0 radical (unpaired) electrons. The fourth-order valence-electron chi connectivity index (χ4n) is 5.82. The Bertz CT molecular complexity index is 586. The molecular weight excluding hydrogens is 328 g/mol. The van der Waals surface area contributed by atoms with Crippen LogP contribution in [0.3, 0.4) is 0 Å². The van der Waals surface area contributed by atoms with Crippen LogP contribution >= 0.6 is 0 Å². The predicted molar refractivity (Wildman–Crippen MR) is 99.6 cm³/mol. The Hall–Kier alpha value is -1.33. The number of furan rings is 1. The van der Waals surface area contributed by atoms with Gasteiger partial charge in [-0.15, -0.1) is 0 Å². The Balaban J connectivity index is 1.51. The minimum Gasteiger partial charge on any atom is -0.469 e. The number of methoxy groups -OCH3 is 1. The van der Waals surface area contributed by atoms with Crippen molar-refractivity contribution in [3.05, 3.63) is 24.2 Å². The van der Waals surface area contributed by atoms with E-state index in [2.05, 4.69) is 15.9 Å². The van der Waals surface area contributed by atoms with E-state index in [4.69, 9.17) is 9.15 Å². The highest BCUT2D eigenvalue weighted by atomic mass is 16.5. The second-order valence-electron chi connectivity index (χ2n) is 8.28. The summed E-state index contributed by atoms with van der Waals surface area (Å²) in [5.74, 6) is 2.50. The number of hydrogen-bond donors (Lipinski definition) is 0. The van der Waals surface area contributed by atoms with E-state index < -0.39 is 0 Å². The van der Waals surface area contributed by atoms with E-state index >= 15 is 0 Å². The standard InChI is InChI=1S/C21H32N2O3/c1-25-20(24)10-2-9-19-18-8-4-12-22-11-3-6-16(21(18)22)14-23(19)15-17-7-5-13-26-17/h5,7,13,16,18-19,21H,2-4,6,8-12,14-15H2,1H3/t16-,18-,19-,21+/m1/s1. The minimum absolute atomic E-state index is 0.0841. The van der Waals surface area contributed by atoms with Gasteiger partial charge in [0.1, 0.15) is 5.76 Å². The molecule has 4 atom stereocenters. The van der Waals surface area contributed by atoms with E-state index in [9.17, 15) is 4.79 Å². The maximum absolute atomic E-state index is 11.6. The molecule has 0 aliphatic carbocycles. The lowest BCUT2D eigenvalue weighted by molar-refractivity contribution is -0.141. The zero-order valence-electron chi connectivity index (χ0n) is 15.9. The number of rotatable bonds is 6. The zero-order valence-corrected chi connectivity index (χ0v) is 15.9. The van der Waals surface area contributed by atoms with Gasteiger partial charge >= 0.3 is 5.97 Å². The normalized spacial score (nSPS) is 32.2. The monoisotopic (exact) mass is 360 g/mol.